The highest BCUT2D eigenvalue weighted by Gasteiger charge is 2.19. The Kier molecular flexibility index (Phi) is 5.03. The second-order valence-electron chi connectivity index (χ2n) is 7.04. The Hall–Kier alpha value is -3.81. The van der Waals surface area contributed by atoms with Gasteiger partial charge in [-0.2, -0.15) is 0 Å². The van der Waals surface area contributed by atoms with Gasteiger partial charge in [-0.15, -0.1) is 0 Å². The Labute approximate surface area is 174 Å². The molecule has 0 spiro atoms. The lowest BCUT2D eigenvalue weighted by Gasteiger charge is -2.16. The van der Waals surface area contributed by atoms with E-state index in [1.165, 1.54) is 12.8 Å². The average Bonchev–Trinajstić information content (AvgIpc) is 3.53. The molecule has 30 heavy (non-hydrogen) atoms. The minimum atomic E-state index is 0.504. The number of pyridine rings is 1. The lowest BCUT2D eigenvalue weighted by atomic mass is 10.1. The molecule has 5 heterocycles. The summed E-state index contributed by atoms with van der Waals surface area (Å²) >= 11 is 0. The molecular formula is C22H21N7O. The van der Waals surface area contributed by atoms with Crippen LogP contribution in [0.15, 0.2) is 65.7 Å². The number of hydrogen-bond acceptors (Lipinski definition) is 8. The first-order valence-corrected chi connectivity index (χ1v) is 10.00. The van der Waals surface area contributed by atoms with E-state index >= 15 is 0 Å². The molecule has 0 aliphatic carbocycles. The van der Waals surface area contributed by atoms with Gasteiger partial charge >= 0.3 is 0 Å². The average molecular weight is 399 g/mol. The maximum absolute atomic E-state index is 5.65. The normalized spacial score (nSPS) is 13.5. The summed E-state index contributed by atoms with van der Waals surface area (Å²) < 4.78 is 5.65. The number of hydrogen-bond donors (Lipinski definition) is 1. The molecule has 1 N–H and O–H groups in total. The molecule has 8 nitrogen and oxygen atoms in total. The zero-order chi connectivity index (χ0) is 20.2. The second-order valence-corrected chi connectivity index (χ2v) is 7.04. The van der Waals surface area contributed by atoms with Crippen LogP contribution in [-0.2, 0) is 6.54 Å². The van der Waals surface area contributed by atoms with Crippen molar-refractivity contribution in [2.45, 2.75) is 19.4 Å². The minimum absolute atomic E-state index is 0.504. The third-order valence-corrected chi connectivity index (χ3v) is 5.00. The van der Waals surface area contributed by atoms with Gasteiger partial charge in [0.15, 0.2) is 5.76 Å². The Morgan fingerprint density at radius 3 is 2.67 bits per heavy atom. The van der Waals surface area contributed by atoms with Crippen LogP contribution in [0, 0.1) is 0 Å². The molecular weight excluding hydrogens is 378 g/mol. The highest BCUT2D eigenvalue weighted by molar-refractivity contribution is 5.77. The van der Waals surface area contributed by atoms with Crippen LogP contribution in [0.3, 0.4) is 0 Å². The lowest BCUT2D eigenvalue weighted by molar-refractivity contribution is 0.580. The molecule has 0 bridgehead atoms. The van der Waals surface area contributed by atoms with E-state index in [4.69, 9.17) is 14.4 Å². The van der Waals surface area contributed by atoms with E-state index < -0.39 is 0 Å². The molecule has 0 radical (unpaired) electrons. The van der Waals surface area contributed by atoms with E-state index in [-0.39, 0.29) is 0 Å². The molecule has 1 fully saturated rings. The summed E-state index contributed by atoms with van der Waals surface area (Å²) in [7, 11) is 0. The van der Waals surface area contributed by atoms with Crippen molar-refractivity contribution >= 4 is 11.9 Å². The van der Waals surface area contributed by atoms with Gasteiger partial charge in [0.05, 0.1) is 24.2 Å². The van der Waals surface area contributed by atoms with Gasteiger partial charge in [0.25, 0.3) is 0 Å². The minimum Gasteiger partial charge on any atom is -0.463 e. The lowest BCUT2D eigenvalue weighted by Crippen LogP contribution is -2.20. The molecule has 1 saturated heterocycles. The van der Waals surface area contributed by atoms with E-state index in [1.807, 2.05) is 36.4 Å². The first-order chi connectivity index (χ1) is 14.9. The number of aromatic nitrogens is 5. The van der Waals surface area contributed by atoms with Crippen LogP contribution in [0.2, 0.25) is 0 Å². The molecule has 150 valence electrons. The van der Waals surface area contributed by atoms with Crippen LogP contribution < -0.4 is 10.2 Å². The Morgan fingerprint density at radius 1 is 0.933 bits per heavy atom. The van der Waals surface area contributed by atoms with Gasteiger partial charge in [0, 0.05) is 37.2 Å². The summed E-state index contributed by atoms with van der Waals surface area (Å²) in [6, 6.07) is 11.4. The van der Waals surface area contributed by atoms with Crippen LogP contribution in [-0.4, -0.2) is 38.0 Å². The topological polar surface area (TPSA) is 92.9 Å². The summed E-state index contributed by atoms with van der Waals surface area (Å²) in [5.74, 6) is 1.91. The molecule has 0 atom stereocenters. The van der Waals surface area contributed by atoms with Crippen LogP contribution in [0.1, 0.15) is 18.5 Å². The highest BCUT2D eigenvalue weighted by atomic mass is 16.3. The van der Waals surface area contributed by atoms with Crippen molar-refractivity contribution in [3.05, 3.63) is 66.9 Å². The van der Waals surface area contributed by atoms with Crippen molar-refractivity contribution in [1.82, 2.24) is 24.9 Å². The van der Waals surface area contributed by atoms with Gasteiger partial charge in [-0.25, -0.2) is 19.9 Å². The quantitative estimate of drug-likeness (QED) is 0.523. The number of anilines is 2. The summed E-state index contributed by atoms with van der Waals surface area (Å²) in [6.45, 7) is 2.51. The van der Waals surface area contributed by atoms with E-state index in [0.29, 0.717) is 23.9 Å². The van der Waals surface area contributed by atoms with E-state index in [2.05, 4.69) is 25.2 Å². The first-order valence-electron chi connectivity index (χ1n) is 10.00. The molecule has 8 heteroatoms. The summed E-state index contributed by atoms with van der Waals surface area (Å²) in [6.07, 6.45) is 9.31. The number of nitrogens with one attached hydrogen (secondary N) is 1. The fourth-order valence-electron chi connectivity index (χ4n) is 3.50. The third-order valence-electron chi connectivity index (χ3n) is 5.00. The molecule has 0 unspecified atom stereocenters. The monoisotopic (exact) mass is 399 g/mol. The van der Waals surface area contributed by atoms with Gasteiger partial charge in [-0.05, 0) is 43.2 Å². The molecule has 4 aromatic rings. The van der Waals surface area contributed by atoms with Crippen molar-refractivity contribution in [2.24, 2.45) is 0 Å². The van der Waals surface area contributed by atoms with Crippen LogP contribution in [0.25, 0.3) is 22.7 Å². The predicted octanol–water partition coefficient (Wildman–Crippen LogP) is 3.80. The second kappa shape index (κ2) is 8.28. The Morgan fingerprint density at radius 2 is 1.87 bits per heavy atom. The number of furan rings is 1. The van der Waals surface area contributed by atoms with E-state index in [1.54, 1.807) is 24.9 Å². The van der Waals surface area contributed by atoms with E-state index in [9.17, 15) is 0 Å². The standard InChI is InChI=1S/C22H21N7O/c1-2-9-23-16(6-1)14-25-21-26-15-17(20(28-21)19-7-5-13-30-19)18-8-10-24-22(27-18)29-11-3-4-12-29/h1-2,5-10,13,15H,3-4,11-12,14H2,(H,25,26,28). The van der Waals surface area contributed by atoms with Gasteiger partial charge in [-0.3, -0.25) is 4.98 Å². The van der Waals surface area contributed by atoms with E-state index in [0.717, 1.165) is 36.0 Å². The van der Waals surface area contributed by atoms with Crippen molar-refractivity contribution in [3.8, 4) is 22.7 Å². The maximum Gasteiger partial charge on any atom is 0.225 e. The molecule has 0 amide bonds. The van der Waals surface area contributed by atoms with Crippen LogP contribution in [0.4, 0.5) is 11.9 Å². The molecule has 0 saturated carbocycles. The fourth-order valence-corrected chi connectivity index (χ4v) is 3.50. The third kappa shape index (κ3) is 3.84. The van der Waals surface area contributed by atoms with Gasteiger partial charge in [-0.1, -0.05) is 6.07 Å². The summed E-state index contributed by atoms with van der Waals surface area (Å²) in [5.41, 5.74) is 3.17. The number of nitrogens with zero attached hydrogens (tertiary/aromatic N) is 6. The molecule has 0 aromatic carbocycles. The van der Waals surface area contributed by atoms with Crippen molar-refractivity contribution in [2.75, 3.05) is 23.3 Å². The Bertz CT molecular complexity index is 1110. The van der Waals surface area contributed by atoms with Crippen molar-refractivity contribution < 1.29 is 4.42 Å². The van der Waals surface area contributed by atoms with Crippen LogP contribution >= 0.6 is 0 Å². The molecule has 5 rings (SSSR count). The first kappa shape index (κ1) is 18.2. The highest BCUT2D eigenvalue weighted by Crippen LogP contribution is 2.31. The van der Waals surface area contributed by atoms with Crippen molar-refractivity contribution in [1.29, 1.82) is 0 Å². The molecule has 4 aromatic heterocycles. The van der Waals surface area contributed by atoms with Gasteiger partial charge < -0.3 is 14.6 Å². The van der Waals surface area contributed by atoms with Crippen molar-refractivity contribution in [3.63, 3.8) is 0 Å². The summed E-state index contributed by atoms with van der Waals surface area (Å²) in [5, 5.41) is 3.23. The smallest absolute Gasteiger partial charge is 0.225 e. The summed E-state index contributed by atoms with van der Waals surface area (Å²) in [4.78, 5) is 25.0. The fraction of sp³-hybridized carbons (Fsp3) is 0.227. The maximum atomic E-state index is 5.65. The SMILES string of the molecule is c1ccc(CNc2ncc(-c3ccnc(N4CCCC4)n3)c(-c3ccco3)n2)nc1. The molecule has 1 aliphatic heterocycles. The zero-order valence-corrected chi connectivity index (χ0v) is 16.4. The molecule has 1 aliphatic rings. The van der Waals surface area contributed by atoms with Gasteiger partial charge in [0.2, 0.25) is 11.9 Å². The number of rotatable bonds is 6. The Balaban J connectivity index is 1.48. The largest absolute Gasteiger partial charge is 0.463 e. The zero-order valence-electron chi connectivity index (χ0n) is 16.4. The van der Waals surface area contributed by atoms with Gasteiger partial charge in [0.1, 0.15) is 5.69 Å². The van der Waals surface area contributed by atoms with Crippen LogP contribution in [0.5, 0.6) is 0 Å². The predicted molar refractivity (Wildman–Crippen MR) is 114 cm³/mol.